The van der Waals surface area contributed by atoms with Crippen molar-refractivity contribution in [3.8, 4) is 5.75 Å². The summed E-state index contributed by atoms with van der Waals surface area (Å²) in [7, 11) is 3.30. The molecule has 2 N–H and O–H groups in total. The second-order valence-corrected chi connectivity index (χ2v) is 4.28. The predicted molar refractivity (Wildman–Crippen MR) is 72.8 cm³/mol. The zero-order valence-electron chi connectivity index (χ0n) is 11.5. The summed E-state index contributed by atoms with van der Waals surface area (Å²) in [6.07, 6.45) is 1.80. The Bertz CT molecular complexity index is 410. The minimum atomic E-state index is -0.394. The van der Waals surface area contributed by atoms with Gasteiger partial charge in [-0.3, -0.25) is 4.79 Å². The Morgan fingerprint density at radius 2 is 2.16 bits per heavy atom. The van der Waals surface area contributed by atoms with Crippen LogP contribution in [0.25, 0.3) is 0 Å². The molecule has 0 heterocycles. The molecule has 1 rings (SSSR count). The van der Waals surface area contributed by atoms with Crippen LogP contribution in [0.15, 0.2) is 18.2 Å². The van der Waals surface area contributed by atoms with Crippen molar-refractivity contribution in [1.82, 2.24) is 10.6 Å². The molecule has 5 heteroatoms. The smallest absolute Gasteiger partial charge is 0.220 e. The van der Waals surface area contributed by atoms with E-state index >= 15 is 0 Å². The summed E-state index contributed by atoms with van der Waals surface area (Å²) in [6, 6.07) is 4.76. The van der Waals surface area contributed by atoms with Gasteiger partial charge in [0.1, 0.15) is 0 Å². The van der Waals surface area contributed by atoms with Crippen molar-refractivity contribution in [3.05, 3.63) is 29.6 Å². The number of benzene rings is 1. The minimum Gasteiger partial charge on any atom is -0.494 e. The van der Waals surface area contributed by atoms with Crippen molar-refractivity contribution in [2.45, 2.75) is 19.3 Å². The molecule has 106 valence electrons. The molecule has 1 aromatic carbocycles. The standard InChI is InChI=1S/C14H21FN2O2/c1-16-8-3-9-17-14(18)7-5-11-4-6-13(19-2)12(15)10-11/h4,6,10,16H,3,5,7-9H2,1-2H3,(H,17,18). The van der Waals surface area contributed by atoms with Crippen LogP contribution < -0.4 is 15.4 Å². The Labute approximate surface area is 113 Å². The number of carbonyl (C=O) groups is 1. The average Bonchev–Trinajstić information content (AvgIpc) is 2.41. The van der Waals surface area contributed by atoms with Crippen molar-refractivity contribution >= 4 is 5.91 Å². The monoisotopic (exact) mass is 268 g/mol. The molecule has 1 aromatic rings. The number of carbonyl (C=O) groups excluding carboxylic acids is 1. The van der Waals surface area contributed by atoms with Gasteiger partial charge in [0.15, 0.2) is 11.6 Å². The van der Waals surface area contributed by atoms with Gasteiger partial charge in [0.05, 0.1) is 7.11 Å². The van der Waals surface area contributed by atoms with E-state index in [2.05, 4.69) is 10.6 Å². The highest BCUT2D eigenvalue weighted by Gasteiger charge is 2.05. The fraction of sp³-hybridized carbons (Fsp3) is 0.500. The van der Waals surface area contributed by atoms with Gasteiger partial charge in [-0.05, 0) is 44.1 Å². The summed E-state index contributed by atoms with van der Waals surface area (Å²) in [5.74, 6) is -0.179. The molecule has 0 aliphatic heterocycles. The molecule has 0 saturated heterocycles. The molecule has 0 unspecified atom stereocenters. The lowest BCUT2D eigenvalue weighted by atomic mass is 10.1. The number of ether oxygens (including phenoxy) is 1. The lowest BCUT2D eigenvalue weighted by Gasteiger charge is -2.06. The van der Waals surface area contributed by atoms with E-state index in [-0.39, 0.29) is 11.7 Å². The molecule has 19 heavy (non-hydrogen) atoms. The van der Waals surface area contributed by atoms with E-state index in [0.717, 1.165) is 18.5 Å². The number of halogens is 1. The first-order valence-corrected chi connectivity index (χ1v) is 6.41. The van der Waals surface area contributed by atoms with E-state index in [4.69, 9.17) is 4.74 Å². The first-order valence-electron chi connectivity index (χ1n) is 6.41. The quantitative estimate of drug-likeness (QED) is 0.702. The van der Waals surface area contributed by atoms with Crippen molar-refractivity contribution in [1.29, 1.82) is 0 Å². The summed E-state index contributed by atoms with van der Waals surface area (Å²) in [5.41, 5.74) is 0.795. The fourth-order valence-electron chi connectivity index (χ4n) is 1.70. The molecule has 0 aliphatic rings. The lowest BCUT2D eigenvalue weighted by molar-refractivity contribution is -0.121. The topological polar surface area (TPSA) is 50.4 Å². The maximum absolute atomic E-state index is 13.4. The third kappa shape index (κ3) is 5.70. The first kappa shape index (κ1) is 15.4. The predicted octanol–water partition coefficient (Wildman–Crippen LogP) is 1.49. The second-order valence-electron chi connectivity index (χ2n) is 4.28. The maximum Gasteiger partial charge on any atom is 0.220 e. The van der Waals surface area contributed by atoms with Crippen LogP contribution in [0, 0.1) is 5.82 Å². The van der Waals surface area contributed by atoms with Crippen LogP contribution >= 0.6 is 0 Å². The van der Waals surface area contributed by atoms with Crippen LogP contribution in [-0.4, -0.2) is 33.2 Å². The number of hydrogen-bond acceptors (Lipinski definition) is 3. The van der Waals surface area contributed by atoms with Crippen LogP contribution in [0.2, 0.25) is 0 Å². The summed E-state index contributed by atoms with van der Waals surface area (Å²) >= 11 is 0. The summed E-state index contributed by atoms with van der Waals surface area (Å²) in [5, 5.41) is 5.84. The molecule has 0 bridgehead atoms. The SMILES string of the molecule is CNCCCNC(=O)CCc1ccc(OC)c(F)c1. The molecule has 1 amide bonds. The molecule has 0 saturated carbocycles. The third-order valence-electron chi connectivity index (χ3n) is 2.78. The zero-order chi connectivity index (χ0) is 14.1. The minimum absolute atomic E-state index is 0.00710. The molecule has 0 radical (unpaired) electrons. The van der Waals surface area contributed by atoms with Crippen LogP contribution in [0.3, 0.4) is 0 Å². The van der Waals surface area contributed by atoms with Gasteiger partial charge in [-0.1, -0.05) is 6.07 Å². The number of methoxy groups -OCH3 is 1. The van der Waals surface area contributed by atoms with E-state index in [1.54, 1.807) is 12.1 Å². The Kier molecular flexibility index (Phi) is 6.89. The normalized spacial score (nSPS) is 10.3. The van der Waals surface area contributed by atoms with Crippen molar-refractivity contribution in [2.24, 2.45) is 0 Å². The highest BCUT2D eigenvalue weighted by Crippen LogP contribution is 2.18. The number of amides is 1. The number of nitrogens with one attached hydrogen (secondary N) is 2. The van der Waals surface area contributed by atoms with Gasteiger partial charge in [-0.2, -0.15) is 0 Å². The van der Waals surface area contributed by atoms with Crippen molar-refractivity contribution in [3.63, 3.8) is 0 Å². The van der Waals surface area contributed by atoms with Crippen LogP contribution in [0.5, 0.6) is 5.75 Å². The Morgan fingerprint density at radius 1 is 1.37 bits per heavy atom. The van der Waals surface area contributed by atoms with Gasteiger partial charge < -0.3 is 15.4 Å². The fourth-order valence-corrected chi connectivity index (χ4v) is 1.70. The van der Waals surface area contributed by atoms with E-state index < -0.39 is 5.82 Å². The van der Waals surface area contributed by atoms with Crippen molar-refractivity contribution < 1.29 is 13.9 Å². The molecule has 0 spiro atoms. The van der Waals surface area contributed by atoms with Gasteiger partial charge in [0.2, 0.25) is 5.91 Å². The van der Waals surface area contributed by atoms with Gasteiger partial charge in [0.25, 0.3) is 0 Å². The first-order chi connectivity index (χ1) is 9.17. The lowest BCUT2D eigenvalue weighted by Crippen LogP contribution is -2.26. The molecule has 4 nitrogen and oxygen atoms in total. The summed E-state index contributed by atoms with van der Waals surface area (Å²) in [6.45, 7) is 1.54. The highest BCUT2D eigenvalue weighted by atomic mass is 19.1. The van der Waals surface area contributed by atoms with Gasteiger partial charge >= 0.3 is 0 Å². The number of aryl methyl sites for hydroxylation is 1. The zero-order valence-corrected chi connectivity index (χ0v) is 11.5. The van der Waals surface area contributed by atoms with Gasteiger partial charge in [0, 0.05) is 13.0 Å². The Balaban J connectivity index is 2.32. The van der Waals surface area contributed by atoms with Crippen molar-refractivity contribution in [2.75, 3.05) is 27.2 Å². The van der Waals surface area contributed by atoms with E-state index in [1.807, 2.05) is 7.05 Å². The Hall–Kier alpha value is -1.62. The van der Waals surface area contributed by atoms with Crippen LogP contribution in [-0.2, 0) is 11.2 Å². The van der Waals surface area contributed by atoms with E-state index in [1.165, 1.54) is 13.2 Å². The van der Waals surface area contributed by atoms with Gasteiger partial charge in [-0.25, -0.2) is 4.39 Å². The van der Waals surface area contributed by atoms with E-state index in [0.29, 0.717) is 19.4 Å². The van der Waals surface area contributed by atoms with Crippen LogP contribution in [0.4, 0.5) is 4.39 Å². The Morgan fingerprint density at radius 3 is 2.79 bits per heavy atom. The molecule has 0 aromatic heterocycles. The highest BCUT2D eigenvalue weighted by molar-refractivity contribution is 5.76. The molecule has 0 fully saturated rings. The van der Waals surface area contributed by atoms with Crippen LogP contribution in [0.1, 0.15) is 18.4 Å². The van der Waals surface area contributed by atoms with Gasteiger partial charge in [-0.15, -0.1) is 0 Å². The molecule has 0 atom stereocenters. The number of rotatable bonds is 8. The van der Waals surface area contributed by atoms with E-state index in [9.17, 15) is 9.18 Å². The second kappa shape index (κ2) is 8.48. The summed E-state index contributed by atoms with van der Waals surface area (Å²) < 4.78 is 18.3. The largest absolute Gasteiger partial charge is 0.494 e. The third-order valence-corrected chi connectivity index (χ3v) is 2.78. The molecular formula is C14H21FN2O2. The number of hydrogen-bond donors (Lipinski definition) is 2. The maximum atomic E-state index is 13.4. The molecular weight excluding hydrogens is 247 g/mol. The summed E-state index contributed by atoms with van der Waals surface area (Å²) in [4.78, 5) is 11.5. The average molecular weight is 268 g/mol. The molecule has 0 aliphatic carbocycles.